The molecule has 0 atom stereocenters. The van der Waals surface area contributed by atoms with Crippen LogP contribution in [0, 0.1) is 29.3 Å². The van der Waals surface area contributed by atoms with Crippen LogP contribution in [0.5, 0.6) is 0 Å². The third-order valence-electron chi connectivity index (χ3n) is 5.31. The fourth-order valence-electron chi connectivity index (χ4n) is 3.46. The van der Waals surface area contributed by atoms with E-state index in [1.54, 1.807) is 12.1 Å². The van der Waals surface area contributed by atoms with E-state index in [1.807, 2.05) is 31.2 Å². The second kappa shape index (κ2) is 10.9. The van der Waals surface area contributed by atoms with Gasteiger partial charge in [0.2, 0.25) is 0 Å². The van der Waals surface area contributed by atoms with Crippen LogP contribution < -0.4 is 0 Å². The van der Waals surface area contributed by atoms with Gasteiger partial charge in [0.15, 0.2) is 0 Å². The van der Waals surface area contributed by atoms with E-state index in [0.29, 0.717) is 23.1 Å². The number of halogens is 3. The Morgan fingerprint density at radius 3 is 1.84 bits per heavy atom. The second-order valence-corrected chi connectivity index (χ2v) is 7.78. The summed E-state index contributed by atoms with van der Waals surface area (Å²) in [5, 5.41) is 0. The standard InChI is InChI=1S/C28H27F3/c1-3-5-7-20-9-13-23(14-10-20)24-15-11-21(17-26(24)29)12-16-25-27(30)18-22(8-6-4-2)19-28(25)31/h9-11,13-15,17-19H,3-8H2,1-2H3. The van der Waals surface area contributed by atoms with Gasteiger partial charge in [-0.15, -0.1) is 0 Å². The first-order valence-corrected chi connectivity index (χ1v) is 10.9. The molecule has 0 amide bonds. The molecule has 0 aliphatic rings. The third kappa shape index (κ3) is 6.01. The number of aryl methyl sites for hydroxylation is 2. The molecule has 0 saturated carbocycles. The monoisotopic (exact) mass is 420 g/mol. The van der Waals surface area contributed by atoms with Gasteiger partial charge in [-0.2, -0.15) is 0 Å². The molecule has 31 heavy (non-hydrogen) atoms. The Morgan fingerprint density at radius 1 is 0.645 bits per heavy atom. The van der Waals surface area contributed by atoms with Crippen LogP contribution in [-0.4, -0.2) is 0 Å². The zero-order valence-corrected chi connectivity index (χ0v) is 18.1. The van der Waals surface area contributed by atoms with Crippen LogP contribution in [0.25, 0.3) is 11.1 Å². The molecule has 0 bridgehead atoms. The van der Waals surface area contributed by atoms with Crippen molar-refractivity contribution < 1.29 is 13.2 Å². The summed E-state index contributed by atoms with van der Waals surface area (Å²) >= 11 is 0. The minimum Gasteiger partial charge on any atom is -0.206 e. The molecular formula is C28H27F3. The highest BCUT2D eigenvalue weighted by molar-refractivity contribution is 5.65. The summed E-state index contributed by atoms with van der Waals surface area (Å²) in [6, 6.07) is 15.2. The average Bonchev–Trinajstić information content (AvgIpc) is 2.76. The average molecular weight is 421 g/mol. The molecule has 0 spiro atoms. The van der Waals surface area contributed by atoms with E-state index < -0.39 is 17.5 Å². The van der Waals surface area contributed by atoms with E-state index >= 15 is 0 Å². The fraction of sp³-hybridized carbons (Fsp3) is 0.286. The van der Waals surface area contributed by atoms with Gasteiger partial charge in [-0.05, 0) is 66.6 Å². The van der Waals surface area contributed by atoms with Crippen molar-refractivity contribution in [3.05, 3.63) is 94.3 Å². The Hall–Kier alpha value is -2.99. The SMILES string of the molecule is CCCCc1ccc(-c2ccc(C#Cc3c(F)cc(CCCC)cc3F)cc2F)cc1. The first kappa shape index (κ1) is 22.7. The van der Waals surface area contributed by atoms with E-state index in [0.717, 1.165) is 37.7 Å². The minimum absolute atomic E-state index is 0.285. The molecule has 0 N–H and O–H groups in total. The summed E-state index contributed by atoms with van der Waals surface area (Å²) in [7, 11) is 0. The smallest absolute Gasteiger partial charge is 0.142 e. The molecule has 0 aliphatic carbocycles. The van der Waals surface area contributed by atoms with Crippen molar-refractivity contribution >= 4 is 0 Å². The van der Waals surface area contributed by atoms with Gasteiger partial charge >= 0.3 is 0 Å². The van der Waals surface area contributed by atoms with Crippen molar-refractivity contribution in [2.75, 3.05) is 0 Å². The molecular weight excluding hydrogens is 393 g/mol. The van der Waals surface area contributed by atoms with Crippen LogP contribution >= 0.6 is 0 Å². The molecule has 3 aromatic carbocycles. The van der Waals surface area contributed by atoms with Crippen LogP contribution in [0.4, 0.5) is 13.2 Å². The highest BCUT2D eigenvalue weighted by Crippen LogP contribution is 2.24. The maximum Gasteiger partial charge on any atom is 0.142 e. The van der Waals surface area contributed by atoms with Crippen LogP contribution in [0.1, 0.15) is 61.8 Å². The van der Waals surface area contributed by atoms with Gasteiger partial charge in [-0.1, -0.05) is 68.9 Å². The molecule has 0 unspecified atom stereocenters. The van der Waals surface area contributed by atoms with Crippen molar-refractivity contribution in [3.8, 4) is 23.0 Å². The Bertz CT molecular complexity index is 1060. The van der Waals surface area contributed by atoms with E-state index in [-0.39, 0.29) is 5.56 Å². The molecule has 0 aliphatic heterocycles. The molecule has 3 rings (SSSR count). The summed E-state index contributed by atoms with van der Waals surface area (Å²) in [5.41, 5.74) is 3.21. The molecule has 0 heterocycles. The second-order valence-electron chi connectivity index (χ2n) is 7.78. The predicted octanol–water partition coefficient (Wildman–Crippen LogP) is 7.86. The van der Waals surface area contributed by atoms with Crippen molar-refractivity contribution in [2.45, 2.75) is 52.4 Å². The molecule has 0 fully saturated rings. The van der Waals surface area contributed by atoms with Gasteiger partial charge in [0.05, 0.1) is 5.56 Å². The number of hydrogen-bond acceptors (Lipinski definition) is 0. The van der Waals surface area contributed by atoms with E-state index in [9.17, 15) is 13.2 Å². The maximum atomic E-state index is 14.7. The Kier molecular flexibility index (Phi) is 7.95. The Morgan fingerprint density at radius 2 is 1.26 bits per heavy atom. The Balaban J connectivity index is 1.80. The first-order chi connectivity index (χ1) is 15.0. The van der Waals surface area contributed by atoms with Crippen LogP contribution in [0.2, 0.25) is 0 Å². The molecule has 160 valence electrons. The van der Waals surface area contributed by atoms with Crippen molar-refractivity contribution in [1.29, 1.82) is 0 Å². The van der Waals surface area contributed by atoms with Crippen molar-refractivity contribution in [3.63, 3.8) is 0 Å². The Labute approximate surface area is 183 Å². The van der Waals surface area contributed by atoms with Crippen LogP contribution in [-0.2, 0) is 12.8 Å². The molecule has 0 aromatic heterocycles. The lowest BCUT2D eigenvalue weighted by atomic mass is 10.00. The van der Waals surface area contributed by atoms with Crippen molar-refractivity contribution in [2.24, 2.45) is 0 Å². The number of hydrogen-bond donors (Lipinski definition) is 0. The van der Waals surface area contributed by atoms with E-state index in [4.69, 9.17) is 0 Å². The first-order valence-electron chi connectivity index (χ1n) is 10.9. The molecule has 0 radical (unpaired) electrons. The molecule has 0 saturated heterocycles. The zero-order chi connectivity index (χ0) is 22.2. The number of unbranched alkanes of at least 4 members (excludes halogenated alkanes) is 2. The van der Waals surface area contributed by atoms with Gasteiger partial charge in [0.25, 0.3) is 0 Å². The fourth-order valence-corrected chi connectivity index (χ4v) is 3.46. The summed E-state index contributed by atoms with van der Waals surface area (Å²) in [4.78, 5) is 0. The topological polar surface area (TPSA) is 0 Å². The molecule has 0 nitrogen and oxygen atoms in total. The van der Waals surface area contributed by atoms with E-state index in [1.165, 1.54) is 23.8 Å². The predicted molar refractivity (Wildman–Crippen MR) is 121 cm³/mol. The summed E-state index contributed by atoms with van der Waals surface area (Å²) < 4.78 is 43.3. The summed E-state index contributed by atoms with van der Waals surface area (Å²) in [5.74, 6) is 3.44. The van der Waals surface area contributed by atoms with Gasteiger partial charge in [0.1, 0.15) is 17.5 Å². The van der Waals surface area contributed by atoms with Crippen LogP contribution in [0.3, 0.4) is 0 Å². The normalized spacial score (nSPS) is 10.6. The highest BCUT2D eigenvalue weighted by Gasteiger charge is 2.10. The van der Waals surface area contributed by atoms with E-state index in [2.05, 4.69) is 18.8 Å². The minimum atomic E-state index is -0.682. The lowest BCUT2D eigenvalue weighted by molar-refractivity contribution is 0.572. The molecule has 3 heteroatoms. The zero-order valence-electron chi connectivity index (χ0n) is 18.1. The third-order valence-corrected chi connectivity index (χ3v) is 5.31. The van der Waals surface area contributed by atoms with Gasteiger partial charge < -0.3 is 0 Å². The quantitative estimate of drug-likeness (QED) is 0.341. The number of benzene rings is 3. The summed E-state index contributed by atoms with van der Waals surface area (Å²) in [6.07, 6.45) is 5.73. The highest BCUT2D eigenvalue weighted by atomic mass is 19.1. The van der Waals surface area contributed by atoms with Gasteiger partial charge in [0, 0.05) is 11.1 Å². The van der Waals surface area contributed by atoms with Gasteiger partial charge in [-0.3, -0.25) is 0 Å². The van der Waals surface area contributed by atoms with Gasteiger partial charge in [-0.25, -0.2) is 13.2 Å². The summed E-state index contributed by atoms with van der Waals surface area (Å²) in [6.45, 7) is 4.18. The maximum absolute atomic E-state index is 14.7. The largest absolute Gasteiger partial charge is 0.206 e. The van der Waals surface area contributed by atoms with Crippen LogP contribution in [0.15, 0.2) is 54.6 Å². The van der Waals surface area contributed by atoms with Crippen molar-refractivity contribution in [1.82, 2.24) is 0 Å². The number of rotatable bonds is 7. The lowest BCUT2D eigenvalue weighted by Crippen LogP contribution is -1.95. The lowest BCUT2D eigenvalue weighted by Gasteiger charge is -2.06. The molecule has 3 aromatic rings.